The summed E-state index contributed by atoms with van der Waals surface area (Å²) in [6.45, 7) is 0.380. The van der Waals surface area contributed by atoms with Gasteiger partial charge in [0.2, 0.25) is 0 Å². The van der Waals surface area contributed by atoms with E-state index in [1.807, 2.05) is 18.2 Å². The first kappa shape index (κ1) is 24.9. The van der Waals surface area contributed by atoms with Gasteiger partial charge in [0.05, 0.1) is 15.7 Å². The summed E-state index contributed by atoms with van der Waals surface area (Å²) in [5, 5.41) is 3.12. The van der Waals surface area contributed by atoms with Crippen molar-refractivity contribution in [3.63, 3.8) is 0 Å². The van der Waals surface area contributed by atoms with Gasteiger partial charge in [0.15, 0.2) is 5.11 Å². The highest BCUT2D eigenvalue weighted by Gasteiger charge is 2.34. The average molecular weight is 641 g/mol. The molecule has 0 spiro atoms. The van der Waals surface area contributed by atoms with Crippen LogP contribution in [0.2, 0.25) is 10.0 Å². The zero-order valence-corrected chi connectivity index (χ0v) is 22.7. The largest absolute Gasteiger partial charge is 0.489 e. The summed E-state index contributed by atoms with van der Waals surface area (Å²) < 4.78 is 7.76. The Morgan fingerprint density at radius 3 is 2.38 bits per heavy atom. The van der Waals surface area contributed by atoms with E-state index in [0.29, 0.717) is 28.6 Å². The molecule has 1 saturated heterocycles. The molecular weight excluding hydrogens is 627 g/mol. The maximum absolute atomic E-state index is 13.1. The summed E-state index contributed by atoms with van der Waals surface area (Å²) in [4.78, 5) is 26.8. The topological polar surface area (TPSA) is 58.6 Å². The lowest BCUT2D eigenvalue weighted by Crippen LogP contribution is -2.54. The van der Waals surface area contributed by atoms with Crippen molar-refractivity contribution in [1.29, 1.82) is 0 Å². The van der Waals surface area contributed by atoms with Gasteiger partial charge in [-0.1, -0.05) is 73.3 Å². The van der Waals surface area contributed by atoms with Crippen molar-refractivity contribution in [2.45, 2.75) is 6.61 Å². The predicted octanol–water partition coefficient (Wildman–Crippen LogP) is 6.93. The van der Waals surface area contributed by atoms with Crippen molar-refractivity contribution in [3.8, 4) is 5.75 Å². The fourth-order valence-electron chi connectivity index (χ4n) is 3.14. The van der Waals surface area contributed by atoms with E-state index < -0.39 is 11.8 Å². The van der Waals surface area contributed by atoms with E-state index in [9.17, 15) is 9.59 Å². The molecule has 2 amide bonds. The number of nitrogens with zero attached hydrogens (tertiary/aromatic N) is 1. The molecule has 4 rings (SSSR count). The molecule has 0 aliphatic carbocycles. The average Bonchev–Trinajstić information content (AvgIpc) is 2.79. The number of rotatable bonds is 5. The number of anilines is 1. The second-order valence-electron chi connectivity index (χ2n) is 7.15. The van der Waals surface area contributed by atoms with Crippen LogP contribution in [-0.4, -0.2) is 16.9 Å². The van der Waals surface area contributed by atoms with E-state index in [1.54, 1.807) is 36.4 Å². The third kappa shape index (κ3) is 5.53. The first-order valence-electron chi connectivity index (χ1n) is 9.76. The molecule has 3 aromatic rings. The number of hydrogen-bond acceptors (Lipinski definition) is 4. The Morgan fingerprint density at radius 2 is 1.71 bits per heavy atom. The van der Waals surface area contributed by atoms with Gasteiger partial charge in [-0.05, 0) is 66.3 Å². The predicted molar refractivity (Wildman–Crippen MR) is 145 cm³/mol. The number of benzene rings is 3. The number of carbonyl (C=O) groups excluding carboxylic acids is 2. The Labute approximate surface area is 227 Å². The van der Waals surface area contributed by atoms with E-state index in [1.165, 1.54) is 17.0 Å². The third-order valence-electron chi connectivity index (χ3n) is 4.86. The standard InChI is InChI=1S/C24H14Br2Cl2N2O3S/c25-15-4-3-14(19(26)10-15)12-33-17-6-1-13(2-7-17)9-18-22(31)29-24(34)30(23(18)32)16-5-8-20(27)21(28)11-16/h1-11H,12H2,(H,29,31,34)/b18-9+. The van der Waals surface area contributed by atoms with Crippen LogP contribution >= 0.6 is 67.3 Å². The molecule has 1 aliphatic rings. The van der Waals surface area contributed by atoms with Gasteiger partial charge in [-0.25, -0.2) is 0 Å². The molecule has 10 heteroatoms. The maximum Gasteiger partial charge on any atom is 0.270 e. The molecule has 3 aromatic carbocycles. The van der Waals surface area contributed by atoms with Crippen molar-refractivity contribution >= 4 is 96.0 Å². The molecule has 172 valence electrons. The van der Waals surface area contributed by atoms with E-state index in [-0.39, 0.29) is 15.7 Å². The lowest BCUT2D eigenvalue weighted by molar-refractivity contribution is -0.122. The smallest absolute Gasteiger partial charge is 0.270 e. The first-order valence-corrected chi connectivity index (χ1v) is 12.5. The third-order valence-corrected chi connectivity index (χ3v) is 7.12. The molecule has 1 N–H and O–H groups in total. The normalized spacial score (nSPS) is 15.0. The molecule has 0 saturated carbocycles. The van der Waals surface area contributed by atoms with Crippen LogP contribution in [0, 0.1) is 0 Å². The number of amides is 2. The molecular formula is C24H14Br2Cl2N2O3S. The summed E-state index contributed by atoms with van der Waals surface area (Å²) >= 11 is 24.2. The van der Waals surface area contributed by atoms with Crippen LogP contribution in [0.5, 0.6) is 5.75 Å². The summed E-state index contributed by atoms with van der Waals surface area (Å²) in [6.07, 6.45) is 1.50. The molecule has 34 heavy (non-hydrogen) atoms. The number of hydrogen-bond donors (Lipinski definition) is 1. The molecule has 1 aliphatic heterocycles. The Kier molecular flexibility index (Phi) is 7.74. The number of carbonyl (C=O) groups is 2. The van der Waals surface area contributed by atoms with Crippen LogP contribution in [-0.2, 0) is 16.2 Å². The first-order chi connectivity index (χ1) is 16.2. The minimum atomic E-state index is -0.577. The number of thiocarbonyl (C=S) groups is 1. The van der Waals surface area contributed by atoms with Gasteiger partial charge in [0.25, 0.3) is 11.8 Å². The van der Waals surface area contributed by atoms with E-state index >= 15 is 0 Å². The minimum absolute atomic E-state index is 0.0339. The van der Waals surface area contributed by atoms with Crippen molar-refractivity contribution in [1.82, 2.24) is 5.32 Å². The monoisotopic (exact) mass is 638 g/mol. The van der Waals surface area contributed by atoms with E-state index in [2.05, 4.69) is 37.2 Å². The Balaban J connectivity index is 1.52. The molecule has 0 aromatic heterocycles. The zero-order chi connectivity index (χ0) is 24.4. The van der Waals surface area contributed by atoms with Gasteiger partial charge in [-0.3, -0.25) is 19.8 Å². The van der Waals surface area contributed by atoms with Crippen LogP contribution in [0.3, 0.4) is 0 Å². The maximum atomic E-state index is 13.1. The molecule has 0 unspecified atom stereocenters. The van der Waals surface area contributed by atoms with Gasteiger partial charge in [0, 0.05) is 14.5 Å². The van der Waals surface area contributed by atoms with Crippen LogP contribution in [0.25, 0.3) is 6.08 Å². The summed E-state index contributed by atoms with van der Waals surface area (Å²) in [5.74, 6) is -0.491. The lowest BCUT2D eigenvalue weighted by Gasteiger charge is -2.29. The molecule has 0 bridgehead atoms. The number of halogens is 4. The van der Waals surface area contributed by atoms with Gasteiger partial charge >= 0.3 is 0 Å². The van der Waals surface area contributed by atoms with Gasteiger partial charge in [-0.15, -0.1) is 0 Å². The van der Waals surface area contributed by atoms with Gasteiger partial charge in [-0.2, -0.15) is 0 Å². The lowest BCUT2D eigenvalue weighted by atomic mass is 10.1. The molecule has 0 radical (unpaired) electrons. The van der Waals surface area contributed by atoms with Crippen molar-refractivity contribution in [2.24, 2.45) is 0 Å². The zero-order valence-electron chi connectivity index (χ0n) is 17.2. The highest BCUT2D eigenvalue weighted by atomic mass is 79.9. The molecule has 5 nitrogen and oxygen atoms in total. The van der Waals surface area contributed by atoms with Crippen LogP contribution < -0.4 is 15.0 Å². The van der Waals surface area contributed by atoms with Crippen LogP contribution in [0.15, 0.2) is 75.2 Å². The van der Waals surface area contributed by atoms with Crippen molar-refractivity contribution in [2.75, 3.05) is 4.90 Å². The second kappa shape index (κ2) is 10.6. The van der Waals surface area contributed by atoms with Crippen molar-refractivity contribution < 1.29 is 14.3 Å². The van der Waals surface area contributed by atoms with Gasteiger partial charge in [0.1, 0.15) is 17.9 Å². The minimum Gasteiger partial charge on any atom is -0.489 e. The Hall–Kier alpha value is -2.23. The van der Waals surface area contributed by atoms with Crippen molar-refractivity contribution in [3.05, 3.63) is 96.4 Å². The van der Waals surface area contributed by atoms with Gasteiger partial charge < -0.3 is 4.74 Å². The van der Waals surface area contributed by atoms with Crippen LogP contribution in [0.4, 0.5) is 5.69 Å². The van der Waals surface area contributed by atoms with E-state index in [0.717, 1.165) is 14.5 Å². The van der Waals surface area contributed by atoms with Crippen LogP contribution in [0.1, 0.15) is 11.1 Å². The number of nitrogens with one attached hydrogen (secondary N) is 1. The highest BCUT2D eigenvalue weighted by molar-refractivity contribution is 9.11. The Morgan fingerprint density at radius 1 is 0.971 bits per heavy atom. The molecule has 1 heterocycles. The summed E-state index contributed by atoms with van der Waals surface area (Å²) in [5.41, 5.74) is 1.99. The Bertz CT molecular complexity index is 1350. The molecule has 1 fully saturated rings. The quantitative estimate of drug-likeness (QED) is 0.187. The van der Waals surface area contributed by atoms with E-state index in [4.69, 9.17) is 40.2 Å². The SMILES string of the molecule is O=C1NC(=S)N(c2ccc(Cl)c(Cl)c2)C(=O)/C1=C/c1ccc(OCc2ccc(Br)cc2Br)cc1. The summed E-state index contributed by atoms with van der Waals surface area (Å²) in [6, 6.07) is 17.6. The highest BCUT2D eigenvalue weighted by Crippen LogP contribution is 2.30. The summed E-state index contributed by atoms with van der Waals surface area (Å²) in [7, 11) is 0. The molecule has 0 atom stereocenters. The number of ether oxygens (including phenoxy) is 1. The fraction of sp³-hybridized carbons (Fsp3) is 0.0417. The fourth-order valence-corrected chi connectivity index (χ4v) is 4.88. The second-order valence-corrected chi connectivity index (χ2v) is 10.1.